The number of aliphatic hydroxyl groups excluding tert-OH is 4. The van der Waals surface area contributed by atoms with Crippen LogP contribution in [-0.4, -0.2) is 75.8 Å². The molecule has 0 heterocycles. The summed E-state index contributed by atoms with van der Waals surface area (Å²) >= 11 is 0. The first-order valence-electron chi connectivity index (χ1n) is 17.8. The van der Waals surface area contributed by atoms with Crippen molar-refractivity contribution in [1.29, 1.82) is 0 Å². The van der Waals surface area contributed by atoms with Crippen molar-refractivity contribution in [3.8, 4) is 0 Å². The molecule has 1 aliphatic rings. The molecule has 0 amide bonds. The summed E-state index contributed by atoms with van der Waals surface area (Å²) < 4.78 is 10.4. The van der Waals surface area contributed by atoms with Crippen LogP contribution in [0.5, 0.6) is 0 Å². The van der Waals surface area contributed by atoms with E-state index in [-0.39, 0.29) is 44.0 Å². The summed E-state index contributed by atoms with van der Waals surface area (Å²) in [7, 11) is 0. The lowest BCUT2D eigenvalue weighted by atomic mass is 9.87. The summed E-state index contributed by atoms with van der Waals surface area (Å²) in [5, 5.41) is 40.6. The zero-order valence-corrected chi connectivity index (χ0v) is 28.4. The molecule has 0 unspecified atom stereocenters. The normalized spacial score (nSPS) is 21.3. The molecule has 6 atom stereocenters. The molecule has 9 nitrogen and oxygen atoms in total. The van der Waals surface area contributed by atoms with Crippen molar-refractivity contribution in [3.05, 3.63) is 12.2 Å². The lowest BCUT2D eigenvalue weighted by Gasteiger charge is -2.20. The monoisotopic (exact) mass is 640 g/mol. The molecule has 0 spiro atoms. The molecule has 262 valence electrons. The van der Waals surface area contributed by atoms with E-state index in [1.165, 1.54) is 32.1 Å². The summed E-state index contributed by atoms with van der Waals surface area (Å²) in [5.74, 6) is -0.973. The second kappa shape index (κ2) is 25.3. The zero-order valence-electron chi connectivity index (χ0n) is 28.4. The Kier molecular flexibility index (Phi) is 23.2. The average Bonchev–Trinajstić information content (AvgIpc) is 3.26. The standard InChI is InChI=1S/C36H64O9/c1-4-5-11-17-28(38)21-22-31-32(34(41)24-33(31)40)23-29(39)18-14-15-20-36(43)45-30(25-37)26-44-35(42)19-13-10-8-6-7-9-12-16-27(2)3/h21-22,27-28,30-34,37-38,40-41H,4-20,23-26H2,1-3H3/b22-21+/t28-,30-,31+,32+,33+,34-/m0/s1. The van der Waals surface area contributed by atoms with E-state index in [4.69, 9.17) is 9.47 Å². The number of hydrogen-bond acceptors (Lipinski definition) is 9. The van der Waals surface area contributed by atoms with E-state index < -0.39 is 48.8 Å². The Morgan fingerprint density at radius 2 is 1.40 bits per heavy atom. The summed E-state index contributed by atoms with van der Waals surface area (Å²) in [6.45, 7) is 5.96. The van der Waals surface area contributed by atoms with Crippen molar-refractivity contribution in [1.82, 2.24) is 0 Å². The minimum Gasteiger partial charge on any atom is -0.462 e. The molecule has 0 bridgehead atoms. The molecule has 0 aliphatic heterocycles. The first-order chi connectivity index (χ1) is 21.6. The number of rotatable bonds is 27. The van der Waals surface area contributed by atoms with E-state index in [2.05, 4.69) is 20.8 Å². The van der Waals surface area contributed by atoms with Crippen molar-refractivity contribution in [2.75, 3.05) is 13.2 Å². The van der Waals surface area contributed by atoms with Crippen LogP contribution in [0.2, 0.25) is 0 Å². The van der Waals surface area contributed by atoms with Gasteiger partial charge in [-0.2, -0.15) is 0 Å². The van der Waals surface area contributed by atoms with Gasteiger partial charge in [0.25, 0.3) is 0 Å². The maximum absolute atomic E-state index is 12.6. The molecule has 4 N–H and O–H groups in total. The zero-order chi connectivity index (χ0) is 33.5. The number of ketones is 1. The Bertz CT molecular complexity index is 827. The van der Waals surface area contributed by atoms with E-state index in [1.54, 1.807) is 12.2 Å². The van der Waals surface area contributed by atoms with Crippen molar-refractivity contribution >= 4 is 17.7 Å². The summed E-state index contributed by atoms with van der Waals surface area (Å²) in [6.07, 6.45) is 14.9. The molecule has 0 aromatic rings. The number of carbonyl (C=O) groups excluding carboxylic acids is 3. The minimum atomic E-state index is -0.917. The Labute approximate surface area is 272 Å². The fourth-order valence-corrected chi connectivity index (χ4v) is 5.91. The van der Waals surface area contributed by atoms with Gasteiger partial charge < -0.3 is 29.9 Å². The molecular weight excluding hydrogens is 576 g/mol. The van der Waals surface area contributed by atoms with E-state index in [9.17, 15) is 34.8 Å². The maximum atomic E-state index is 12.6. The van der Waals surface area contributed by atoms with Gasteiger partial charge in [-0.1, -0.05) is 97.1 Å². The van der Waals surface area contributed by atoms with Crippen LogP contribution in [0, 0.1) is 17.8 Å². The number of ether oxygens (including phenoxy) is 2. The summed E-state index contributed by atoms with van der Waals surface area (Å²) in [5.41, 5.74) is 0. The predicted octanol–water partition coefficient (Wildman–Crippen LogP) is 5.98. The largest absolute Gasteiger partial charge is 0.462 e. The van der Waals surface area contributed by atoms with Crippen LogP contribution in [0.4, 0.5) is 0 Å². The molecule has 1 aliphatic carbocycles. The van der Waals surface area contributed by atoms with Crippen LogP contribution < -0.4 is 0 Å². The molecule has 0 saturated heterocycles. The van der Waals surface area contributed by atoms with Gasteiger partial charge in [0.05, 0.1) is 24.9 Å². The Morgan fingerprint density at radius 1 is 0.800 bits per heavy atom. The van der Waals surface area contributed by atoms with Gasteiger partial charge >= 0.3 is 11.9 Å². The number of Topliss-reactive ketones (excluding diaryl/α,β-unsaturated/α-hetero) is 1. The third kappa shape index (κ3) is 20.1. The lowest BCUT2D eigenvalue weighted by molar-refractivity contribution is -0.161. The van der Waals surface area contributed by atoms with Gasteiger partial charge in [-0.15, -0.1) is 0 Å². The summed E-state index contributed by atoms with van der Waals surface area (Å²) in [4.78, 5) is 36.9. The van der Waals surface area contributed by atoms with Crippen LogP contribution >= 0.6 is 0 Å². The lowest BCUT2D eigenvalue weighted by Crippen LogP contribution is -2.28. The highest BCUT2D eigenvalue weighted by molar-refractivity contribution is 5.79. The molecule has 0 radical (unpaired) electrons. The average molecular weight is 641 g/mol. The van der Waals surface area contributed by atoms with Crippen molar-refractivity contribution in [2.45, 2.75) is 167 Å². The minimum absolute atomic E-state index is 0.0507. The van der Waals surface area contributed by atoms with Gasteiger partial charge in [0.2, 0.25) is 0 Å². The highest BCUT2D eigenvalue weighted by Crippen LogP contribution is 2.36. The van der Waals surface area contributed by atoms with Gasteiger partial charge in [-0.3, -0.25) is 14.4 Å². The van der Waals surface area contributed by atoms with Crippen LogP contribution in [0.1, 0.15) is 143 Å². The molecule has 45 heavy (non-hydrogen) atoms. The number of carbonyl (C=O) groups is 3. The first kappa shape index (κ1) is 41.2. The molecule has 1 saturated carbocycles. The highest BCUT2D eigenvalue weighted by Gasteiger charge is 2.41. The molecule has 0 aromatic heterocycles. The molecule has 1 fully saturated rings. The molecule has 9 heteroatoms. The van der Waals surface area contributed by atoms with Crippen LogP contribution in [0.3, 0.4) is 0 Å². The van der Waals surface area contributed by atoms with Crippen LogP contribution in [0.25, 0.3) is 0 Å². The quantitative estimate of drug-likeness (QED) is 0.0483. The van der Waals surface area contributed by atoms with E-state index in [1.807, 2.05) is 0 Å². The van der Waals surface area contributed by atoms with Crippen molar-refractivity contribution < 1.29 is 44.3 Å². The second-order valence-electron chi connectivity index (χ2n) is 13.4. The number of aliphatic hydroxyl groups is 4. The molecule has 0 aromatic carbocycles. The van der Waals surface area contributed by atoms with Crippen molar-refractivity contribution in [3.63, 3.8) is 0 Å². The Morgan fingerprint density at radius 3 is 2.07 bits per heavy atom. The third-order valence-corrected chi connectivity index (χ3v) is 8.72. The van der Waals surface area contributed by atoms with Gasteiger partial charge in [-0.25, -0.2) is 0 Å². The van der Waals surface area contributed by atoms with E-state index in [0.717, 1.165) is 44.4 Å². The van der Waals surface area contributed by atoms with Gasteiger partial charge in [0.1, 0.15) is 12.4 Å². The van der Waals surface area contributed by atoms with Crippen LogP contribution in [-0.2, 0) is 23.9 Å². The Hall–Kier alpha value is -1.81. The van der Waals surface area contributed by atoms with E-state index in [0.29, 0.717) is 25.7 Å². The smallest absolute Gasteiger partial charge is 0.306 e. The second-order valence-corrected chi connectivity index (χ2v) is 13.4. The topological polar surface area (TPSA) is 151 Å². The van der Waals surface area contributed by atoms with Gasteiger partial charge in [0, 0.05) is 43.9 Å². The highest BCUT2D eigenvalue weighted by atomic mass is 16.6. The fourth-order valence-electron chi connectivity index (χ4n) is 5.91. The predicted molar refractivity (Wildman–Crippen MR) is 175 cm³/mol. The van der Waals surface area contributed by atoms with Crippen molar-refractivity contribution in [2.24, 2.45) is 17.8 Å². The van der Waals surface area contributed by atoms with E-state index >= 15 is 0 Å². The van der Waals surface area contributed by atoms with Gasteiger partial charge in [-0.05, 0) is 31.6 Å². The fraction of sp³-hybridized carbons (Fsp3) is 0.861. The third-order valence-electron chi connectivity index (χ3n) is 8.72. The Balaban J connectivity index is 2.23. The first-order valence-corrected chi connectivity index (χ1v) is 17.8. The number of esters is 2. The molecule has 1 rings (SSSR count). The SMILES string of the molecule is CCCCC[C@H](O)/C=C/[C@@H]1[C@@H](CC(=O)CCCCC(=O)O[C@@H](CO)COC(=O)CCCCCCCCCC(C)C)[C@@H](O)C[C@H]1O. The number of hydrogen-bond donors (Lipinski definition) is 4. The maximum Gasteiger partial charge on any atom is 0.306 e. The van der Waals surface area contributed by atoms with Gasteiger partial charge in [0.15, 0.2) is 6.10 Å². The summed E-state index contributed by atoms with van der Waals surface area (Å²) in [6, 6.07) is 0. The molecular formula is C36H64O9. The number of unbranched alkanes of at least 4 members (excludes halogenated alkanes) is 9. The van der Waals surface area contributed by atoms with Crippen LogP contribution in [0.15, 0.2) is 12.2 Å².